The predicted molar refractivity (Wildman–Crippen MR) is 96.0 cm³/mol. The molecule has 0 aliphatic rings. The number of hydrogen-bond acceptors (Lipinski definition) is 6. The van der Waals surface area contributed by atoms with Gasteiger partial charge in [0.05, 0.1) is 19.9 Å². The van der Waals surface area contributed by atoms with Gasteiger partial charge in [0.2, 0.25) is 0 Å². The lowest BCUT2D eigenvalue weighted by Crippen LogP contribution is -2.26. The number of carbonyl (C=O) groups is 2. The molecule has 0 atom stereocenters. The van der Waals surface area contributed by atoms with Gasteiger partial charge in [0.25, 0.3) is 5.91 Å². The van der Waals surface area contributed by atoms with E-state index in [9.17, 15) is 9.59 Å². The molecule has 0 radical (unpaired) electrons. The molecule has 0 saturated heterocycles. The lowest BCUT2D eigenvalue weighted by atomic mass is 10.2. The molecule has 8 nitrogen and oxygen atoms in total. The summed E-state index contributed by atoms with van der Waals surface area (Å²) < 4.78 is 10.4. The van der Waals surface area contributed by atoms with E-state index in [0.29, 0.717) is 43.0 Å². The van der Waals surface area contributed by atoms with Crippen molar-refractivity contribution >= 4 is 17.6 Å². The molecule has 0 bridgehead atoms. The van der Waals surface area contributed by atoms with Crippen LogP contribution in [0.2, 0.25) is 0 Å². The van der Waals surface area contributed by atoms with Crippen LogP contribution in [0.5, 0.6) is 11.5 Å². The number of methoxy groups -OCH3 is 2. The van der Waals surface area contributed by atoms with Crippen LogP contribution in [-0.2, 0) is 9.59 Å². The minimum absolute atomic E-state index is 0.0830. The van der Waals surface area contributed by atoms with Gasteiger partial charge in [-0.3, -0.25) is 9.59 Å². The van der Waals surface area contributed by atoms with Crippen LogP contribution in [0.1, 0.15) is 25.7 Å². The van der Waals surface area contributed by atoms with Crippen molar-refractivity contribution in [1.82, 2.24) is 5.32 Å². The average molecular weight is 361 g/mol. The fourth-order valence-electron chi connectivity index (χ4n) is 2.10. The summed E-state index contributed by atoms with van der Waals surface area (Å²) in [5.74, 6) is -0.188. The Labute approximate surface area is 152 Å². The second-order valence-corrected chi connectivity index (χ2v) is 5.34. The summed E-state index contributed by atoms with van der Waals surface area (Å²) in [4.78, 5) is 22.4. The third kappa shape index (κ3) is 7.13. The van der Waals surface area contributed by atoms with Gasteiger partial charge in [-0.05, 0) is 25.0 Å². The summed E-state index contributed by atoms with van der Waals surface area (Å²) in [5, 5.41) is 23.2. The van der Waals surface area contributed by atoms with Gasteiger partial charge in [0.15, 0.2) is 0 Å². The SMILES string of the molecule is COc1ccc(OC)c(N/C=C(/C#N)C(=O)NCCCCCC(=O)O)c1. The molecule has 0 aromatic heterocycles. The standard InChI is InChI=1S/C18H23N3O5/c1-25-14-7-8-16(26-2)15(10-14)21-12-13(11-19)18(24)20-9-5-3-4-6-17(22)23/h7-8,10,12,21H,3-6,9H2,1-2H3,(H,20,24)(H,22,23)/b13-12-. The number of carbonyl (C=O) groups excluding carboxylic acids is 1. The number of anilines is 1. The van der Waals surface area contributed by atoms with Gasteiger partial charge < -0.3 is 25.2 Å². The molecule has 3 N–H and O–H groups in total. The first-order chi connectivity index (χ1) is 12.5. The topological polar surface area (TPSA) is 121 Å². The number of carboxylic acids is 1. The zero-order valence-electron chi connectivity index (χ0n) is 14.9. The summed E-state index contributed by atoms with van der Waals surface area (Å²) in [6.45, 7) is 0.375. The third-order valence-corrected chi connectivity index (χ3v) is 3.50. The molecule has 0 saturated carbocycles. The second kappa shape index (κ2) is 11.4. The fourth-order valence-corrected chi connectivity index (χ4v) is 2.10. The van der Waals surface area contributed by atoms with E-state index in [1.807, 2.05) is 6.07 Å². The zero-order chi connectivity index (χ0) is 19.4. The van der Waals surface area contributed by atoms with Crippen LogP contribution in [0.3, 0.4) is 0 Å². The Hall–Kier alpha value is -3.21. The van der Waals surface area contributed by atoms with Gasteiger partial charge in [0.1, 0.15) is 23.1 Å². The van der Waals surface area contributed by atoms with Crippen LogP contribution in [0.15, 0.2) is 30.0 Å². The van der Waals surface area contributed by atoms with Gasteiger partial charge in [-0.15, -0.1) is 0 Å². The summed E-state index contributed by atoms with van der Waals surface area (Å²) in [6.07, 6.45) is 3.32. The molecule has 0 spiro atoms. The van der Waals surface area contributed by atoms with Gasteiger partial charge in [-0.1, -0.05) is 6.42 Å². The third-order valence-electron chi connectivity index (χ3n) is 3.50. The molecular formula is C18H23N3O5. The highest BCUT2D eigenvalue weighted by molar-refractivity contribution is 5.97. The number of amides is 1. The van der Waals surface area contributed by atoms with E-state index in [1.54, 1.807) is 18.2 Å². The van der Waals surface area contributed by atoms with Gasteiger partial charge in [-0.25, -0.2) is 0 Å². The van der Waals surface area contributed by atoms with Crippen LogP contribution < -0.4 is 20.1 Å². The minimum atomic E-state index is -0.831. The van der Waals surface area contributed by atoms with Crippen LogP contribution >= 0.6 is 0 Å². The predicted octanol–water partition coefficient (Wildman–Crippen LogP) is 2.28. The fraction of sp³-hybridized carbons (Fsp3) is 0.389. The Bertz CT molecular complexity index is 695. The molecule has 1 aromatic rings. The average Bonchev–Trinajstić information content (AvgIpc) is 2.64. The molecular weight excluding hydrogens is 338 g/mol. The number of carboxylic acid groups (broad SMARTS) is 1. The molecule has 0 aliphatic heterocycles. The zero-order valence-corrected chi connectivity index (χ0v) is 14.9. The highest BCUT2D eigenvalue weighted by Gasteiger charge is 2.09. The molecule has 140 valence electrons. The van der Waals surface area contributed by atoms with Crippen LogP contribution in [0, 0.1) is 11.3 Å². The molecule has 0 unspecified atom stereocenters. The van der Waals surface area contributed by atoms with E-state index in [1.165, 1.54) is 20.4 Å². The molecule has 26 heavy (non-hydrogen) atoms. The minimum Gasteiger partial charge on any atom is -0.497 e. The molecule has 1 aromatic carbocycles. The Morgan fingerprint density at radius 3 is 2.62 bits per heavy atom. The Balaban J connectivity index is 2.58. The lowest BCUT2D eigenvalue weighted by molar-refractivity contribution is -0.137. The Morgan fingerprint density at radius 2 is 2.00 bits per heavy atom. The smallest absolute Gasteiger partial charge is 0.303 e. The molecule has 1 amide bonds. The Kier molecular flexibility index (Phi) is 9.10. The van der Waals surface area contributed by atoms with Crippen molar-refractivity contribution in [2.75, 3.05) is 26.1 Å². The largest absolute Gasteiger partial charge is 0.497 e. The monoisotopic (exact) mass is 361 g/mol. The molecule has 0 aliphatic carbocycles. The maximum absolute atomic E-state index is 12.0. The molecule has 0 fully saturated rings. The van der Waals surface area contributed by atoms with E-state index in [0.717, 1.165) is 0 Å². The summed E-state index contributed by atoms with van der Waals surface area (Å²) in [5.41, 5.74) is 0.474. The molecule has 8 heteroatoms. The maximum Gasteiger partial charge on any atom is 0.303 e. The van der Waals surface area contributed by atoms with Gasteiger partial charge in [0, 0.05) is 25.2 Å². The first-order valence-corrected chi connectivity index (χ1v) is 8.10. The summed E-state index contributed by atoms with van der Waals surface area (Å²) in [7, 11) is 3.05. The van der Waals surface area contributed by atoms with Gasteiger partial charge >= 0.3 is 5.97 Å². The number of ether oxygens (including phenoxy) is 2. The first-order valence-electron chi connectivity index (χ1n) is 8.10. The highest BCUT2D eigenvalue weighted by Crippen LogP contribution is 2.28. The van der Waals surface area contributed by atoms with E-state index in [2.05, 4.69) is 10.6 Å². The van der Waals surface area contributed by atoms with E-state index < -0.39 is 11.9 Å². The van der Waals surface area contributed by atoms with E-state index in [-0.39, 0.29) is 12.0 Å². The number of nitrogens with one attached hydrogen (secondary N) is 2. The number of nitrogens with zero attached hydrogens (tertiary/aromatic N) is 1. The number of unbranched alkanes of at least 4 members (excludes halogenated alkanes) is 2. The number of hydrogen-bond donors (Lipinski definition) is 3. The van der Waals surface area contributed by atoms with Crippen molar-refractivity contribution in [3.05, 3.63) is 30.0 Å². The lowest BCUT2D eigenvalue weighted by Gasteiger charge is -2.10. The number of rotatable bonds is 11. The number of benzene rings is 1. The van der Waals surface area contributed by atoms with Crippen molar-refractivity contribution in [3.8, 4) is 17.6 Å². The normalized spacial score (nSPS) is 10.6. The van der Waals surface area contributed by atoms with Crippen LogP contribution in [0.4, 0.5) is 5.69 Å². The van der Waals surface area contributed by atoms with Crippen LogP contribution in [-0.4, -0.2) is 37.7 Å². The van der Waals surface area contributed by atoms with Crippen LogP contribution in [0.25, 0.3) is 0 Å². The highest BCUT2D eigenvalue weighted by atomic mass is 16.5. The maximum atomic E-state index is 12.0. The Morgan fingerprint density at radius 1 is 1.23 bits per heavy atom. The van der Waals surface area contributed by atoms with E-state index >= 15 is 0 Å². The first kappa shape index (κ1) is 20.8. The second-order valence-electron chi connectivity index (χ2n) is 5.34. The van der Waals surface area contributed by atoms with Gasteiger partial charge in [-0.2, -0.15) is 5.26 Å². The molecule has 1 rings (SSSR count). The summed E-state index contributed by atoms with van der Waals surface area (Å²) in [6, 6.07) is 6.97. The summed E-state index contributed by atoms with van der Waals surface area (Å²) >= 11 is 0. The quantitative estimate of drug-likeness (QED) is 0.314. The van der Waals surface area contributed by atoms with Crippen molar-refractivity contribution in [2.24, 2.45) is 0 Å². The number of nitriles is 1. The van der Waals surface area contributed by atoms with Crippen molar-refractivity contribution in [2.45, 2.75) is 25.7 Å². The van der Waals surface area contributed by atoms with E-state index in [4.69, 9.17) is 19.8 Å². The number of aliphatic carboxylic acids is 1. The van der Waals surface area contributed by atoms with Crippen molar-refractivity contribution in [1.29, 1.82) is 5.26 Å². The molecule has 0 heterocycles. The van der Waals surface area contributed by atoms with Crippen molar-refractivity contribution in [3.63, 3.8) is 0 Å². The van der Waals surface area contributed by atoms with Crippen molar-refractivity contribution < 1.29 is 24.2 Å².